The number of nitrogens with one attached hydrogen (secondary N) is 1. The summed E-state index contributed by atoms with van der Waals surface area (Å²) in [6.07, 6.45) is -4.70. The number of ether oxygens (including phenoxy) is 1. The summed E-state index contributed by atoms with van der Waals surface area (Å²) in [7, 11) is 1.52. The number of methoxy groups -OCH3 is 1. The zero-order valence-corrected chi connectivity index (χ0v) is 14.8. The first-order valence-corrected chi connectivity index (χ1v) is 8.52. The van der Waals surface area contributed by atoms with Gasteiger partial charge in [0.2, 0.25) is 5.91 Å². The van der Waals surface area contributed by atoms with Gasteiger partial charge >= 0.3 is 6.18 Å². The summed E-state index contributed by atoms with van der Waals surface area (Å²) in [4.78, 5) is 13.0. The lowest BCUT2D eigenvalue weighted by atomic mass is 10.1. The summed E-state index contributed by atoms with van der Waals surface area (Å²) in [5, 5.41) is 1.25. The molecule has 0 fully saturated rings. The molecule has 2 unspecified atom stereocenters. The van der Waals surface area contributed by atoms with Gasteiger partial charge in [-0.3, -0.25) is 4.79 Å². The van der Waals surface area contributed by atoms with E-state index in [9.17, 15) is 22.4 Å². The fraction of sp³-hybridized carbons (Fsp3) is 0.278. The second kappa shape index (κ2) is 8.44. The van der Waals surface area contributed by atoms with Gasteiger partial charge in [0.05, 0.1) is 12.4 Å². The number of benzene rings is 2. The summed E-state index contributed by atoms with van der Waals surface area (Å²) >= 11 is 1.13. The second-order valence-corrected chi connectivity index (χ2v) is 6.88. The van der Waals surface area contributed by atoms with Gasteiger partial charge < -0.3 is 10.1 Å². The fourth-order valence-electron chi connectivity index (χ4n) is 2.18. The number of carbonyl (C=O) groups is 1. The van der Waals surface area contributed by atoms with Crippen LogP contribution in [0.5, 0.6) is 5.75 Å². The predicted molar refractivity (Wildman–Crippen MR) is 91.7 cm³/mol. The first-order chi connectivity index (χ1) is 12.2. The Morgan fingerprint density at radius 1 is 1.08 bits per heavy atom. The molecule has 0 saturated carbocycles. The Morgan fingerprint density at radius 3 is 2.15 bits per heavy atom. The van der Waals surface area contributed by atoms with Crippen molar-refractivity contribution in [2.24, 2.45) is 0 Å². The van der Waals surface area contributed by atoms with Crippen LogP contribution in [-0.4, -0.2) is 24.4 Å². The Labute approximate surface area is 152 Å². The van der Waals surface area contributed by atoms with Crippen molar-refractivity contribution in [3.63, 3.8) is 0 Å². The number of hydrogen-bond donors (Lipinski definition) is 1. The van der Waals surface area contributed by atoms with E-state index in [4.69, 9.17) is 4.74 Å². The lowest BCUT2D eigenvalue weighted by Crippen LogP contribution is -2.41. The number of hydrogen-bond acceptors (Lipinski definition) is 3. The number of rotatable bonds is 6. The quantitative estimate of drug-likeness (QED) is 0.575. The monoisotopic (exact) mass is 387 g/mol. The molecule has 1 amide bonds. The zero-order valence-electron chi connectivity index (χ0n) is 14.0. The first-order valence-electron chi connectivity index (χ1n) is 7.64. The molecular weight excluding hydrogens is 370 g/mol. The maximum atomic E-state index is 13.3. The van der Waals surface area contributed by atoms with Crippen molar-refractivity contribution in [3.8, 4) is 5.75 Å². The Hall–Kier alpha value is -2.22. The topological polar surface area (TPSA) is 38.3 Å². The molecule has 2 atom stereocenters. The van der Waals surface area contributed by atoms with Gasteiger partial charge in [-0.25, -0.2) is 4.39 Å². The molecule has 0 radical (unpaired) electrons. The van der Waals surface area contributed by atoms with Crippen LogP contribution in [0.25, 0.3) is 0 Å². The van der Waals surface area contributed by atoms with Gasteiger partial charge in [0.1, 0.15) is 11.6 Å². The van der Waals surface area contributed by atoms with Crippen LogP contribution in [-0.2, 0) is 4.79 Å². The minimum atomic E-state index is -4.70. The van der Waals surface area contributed by atoms with Crippen LogP contribution in [0.4, 0.5) is 17.6 Å². The predicted octanol–water partition coefficient (Wildman–Crippen LogP) is 4.73. The van der Waals surface area contributed by atoms with E-state index in [1.165, 1.54) is 14.0 Å². The van der Waals surface area contributed by atoms with Crippen LogP contribution >= 0.6 is 11.8 Å². The molecule has 2 aromatic carbocycles. The lowest BCUT2D eigenvalue weighted by molar-refractivity contribution is -0.163. The fourth-order valence-corrected chi connectivity index (χ4v) is 3.06. The summed E-state index contributed by atoms with van der Waals surface area (Å²) < 4.78 is 57.9. The van der Waals surface area contributed by atoms with E-state index in [0.29, 0.717) is 5.75 Å². The van der Waals surface area contributed by atoms with Gasteiger partial charge in [0.15, 0.2) is 6.04 Å². The van der Waals surface area contributed by atoms with Crippen molar-refractivity contribution in [3.05, 3.63) is 59.9 Å². The molecule has 0 aliphatic carbocycles. The highest BCUT2D eigenvalue weighted by atomic mass is 32.2. The molecule has 0 aliphatic heterocycles. The van der Waals surface area contributed by atoms with Crippen molar-refractivity contribution in [2.45, 2.75) is 29.3 Å². The highest BCUT2D eigenvalue weighted by Crippen LogP contribution is 2.34. The Balaban J connectivity index is 2.09. The molecule has 0 saturated heterocycles. The first kappa shape index (κ1) is 20.1. The van der Waals surface area contributed by atoms with Crippen LogP contribution in [0.1, 0.15) is 18.5 Å². The summed E-state index contributed by atoms with van der Waals surface area (Å²) in [6, 6.07) is 8.50. The van der Waals surface area contributed by atoms with Gasteiger partial charge in [-0.2, -0.15) is 13.2 Å². The molecule has 0 heterocycles. The van der Waals surface area contributed by atoms with Crippen molar-refractivity contribution >= 4 is 17.7 Å². The van der Waals surface area contributed by atoms with Crippen molar-refractivity contribution in [1.29, 1.82) is 0 Å². The van der Waals surface area contributed by atoms with Crippen molar-refractivity contribution in [2.75, 3.05) is 7.11 Å². The molecule has 8 heteroatoms. The van der Waals surface area contributed by atoms with E-state index in [1.807, 2.05) is 5.32 Å². The molecule has 2 aromatic rings. The molecule has 140 valence electrons. The van der Waals surface area contributed by atoms with E-state index in [1.54, 1.807) is 24.3 Å². The average molecular weight is 387 g/mol. The van der Waals surface area contributed by atoms with Crippen LogP contribution in [0.15, 0.2) is 53.4 Å². The van der Waals surface area contributed by atoms with Crippen LogP contribution in [0.3, 0.4) is 0 Å². The van der Waals surface area contributed by atoms with Crippen molar-refractivity contribution in [1.82, 2.24) is 5.32 Å². The van der Waals surface area contributed by atoms with Gasteiger partial charge in [0, 0.05) is 4.90 Å². The number of alkyl halides is 3. The van der Waals surface area contributed by atoms with E-state index in [0.717, 1.165) is 40.9 Å². The minimum absolute atomic E-state index is 0.228. The van der Waals surface area contributed by atoms with E-state index >= 15 is 0 Å². The Bertz CT molecular complexity index is 732. The highest BCUT2D eigenvalue weighted by molar-refractivity contribution is 8.00. The Morgan fingerprint density at radius 2 is 1.65 bits per heavy atom. The average Bonchev–Trinajstić information content (AvgIpc) is 2.60. The third-order valence-electron chi connectivity index (χ3n) is 3.56. The van der Waals surface area contributed by atoms with Crippen molar-refractivity contribution < 1.29 is 27.1 Å². The number of carbonyl (C=O) groups excluding carboxylic acids is 1. The summed E-state index contributed by atoms with van der Waals surface area (Å²) in [6.45, 7) is 1.52. The number of amides is 1. The molecule has 0 spiro atoms. The van der Waals surface area contributed by atoms with Crippen LogP contribution < -0.4 is 10.1 Å². The van der Waals surface area contributed by atoms with Crippen LogP contribution in [0, 0.1) is 5.82 Å². The molecule has 0 aliphatic rings. The molecule has 26 heavy (non-hydrogen) atoms. The normalized spacial score (nSPS) is 13.8. The largest absolute Gasteiger partial charge is 0.497 e. The highest BCUT2D eigenvalue weighted by Gasteiger charge is 2.42. The molecule has 3 nitrogen and oxygen atoms in total. The second-order valence-electron chi connectivity index (χ2n) is 5.47. The van der Waals surface area contributed by atoms with Gasteiger partial charge in [-0.1, -0.05) is 12.1 Å². The minimum Gasteiger partial charge on any atom is -0.497 e. The van der Waals surface area contributed by atoms with E-state index < -0.39 is 29.2 Å². The number of thioether (sulfide) groups is 1. The smallest absolute Gasteiger partial charge is 0.412 e. The van der Waals surface area contributed by atoms with Crippen LogP contribution in [0.2, 0.25) is 0 Å². The third kappa shape index (κ3) is 5.39. The van der Waals surface area contributed by atoms with Gasteiger partial charge in [0.25, 0.3) is 0 Å². The molecular formula is C18H17F4NO2S. The summed E-state index contributed by atoms with van der Waals surface area (Å²) in [5.41, 5.74) is -0.228. The molecule has 0 aromatic heterocycles. The zero-order chi connectivity index (χ0) is 19.3. The SMILES string of the molecule is COc1ccc(SC(C)C(=O)NC(c2ccc(F)cc2)C(F)(F)F)cc1. The van der Waals surface area contributed by atoms with E-state index in [-0.39, 0.29) is 5.56 Å². The summed E-state index contributed by atoms with van der Waals surface area (Å²) in [5.74, 6) is -0.776. The van der Waals surface area contributed by atoms with E-state index in [2.05, 4.69) is 0 Å². The Kier molecular flexibility index (Phi) is 6.52. The lowest BCUT2D eigenvalue weighted by Gasteiger charge is -2.23. The maximum absolute atomic E-state index is 13.3. The van der Waals surface area contributed by atoms with Gasteiger partial charge in [-0.15, -0.1) is 11.8 Å². The number of halogens is 4. The van der Waals surface area contributed by atoms with Gasteiger partial charge in [-0.05, 0) is 48.9 Å². The molecule has 1 N–H and O–H groups in total. The standard InChI is InChI=1S/C18H17F4NO2S/c1-11(26-15-9-7-14(25-2)8-10-15)17(24)23-16(18(20,21)22)12-3-5-13(19)6-4-12/h3-11,16H,1-2H3,(H,23,24). The molecule has 2 rings (SSSR count). The molecule has 0 bridgehead atoms. The maximum Gasteiger partial charge on any atom is 0.412 e. The third-order valence-corrected chi connectivity index (χ3v) is 4.67.